The molecule has 1 rings (SSSR count). The predicted molar refractivity (Wildman–Crippen MR) is 57.4 cm³/mol. The second kappa shape index (κ2) is 5.78. The highest BCUT2D eigenvalue weighted by Crippen LogP contribution is 2.18. The predicted octanol–water partition coefficient (Wildman–Crippen LogP) is 1.73. The van der Waals surface area contributed by atoms with Crippen LogP contribution in [-0.4, -0.2) is 17.6 Å². The molecule has 3 N–H and O–H groups in total. The van der Waals surface area contributed by atoms with Crippen molar-refractivity contribution in [1.29, 1.82) is 0 Å². The summed E-state index contributed by atoms with van der Waals surface area (Å²) in [6.45, 7) is 0.564. The first-order valence-corrected chi connectivity index (χ1v) is 5.57. The Kier molecular flexibility index (Phi) is 4.62. The third-order valence-electron chi connectivity index (χ3n) is 2.13. The molecule has 0 fully saturated rings. The lowest BCUT2D eigenvalue weighted by Gasteiger charge is -2.09. The van der Waals surface area contributed by atoms with Crippen LogP contribution in [0.2, 0.25) is 0 Å². The van der Waals surface area contributed by atoms with Crippen molar-refractivity contribution >= 4 is 17.3 Å². The van der Waals surface area contributed by atoms with Gasteiger partial charge in [0.25, 0.3) is 0 Å². The highest BCUT2D eigenvalue weighted by atomic mass is 32.1. The van der Waals surface area contributed by atoms with Gasteiger partial charge in [-0.1, -0.05) is 6.07 Å². The van der Waals surface area contributed by atoms with Crippen LogP contribution < -0.4 is 5.73 Å². The topological polar surface area (TPSA) is 63.3 Å². The van der Waals surface area contributed by atoms with Crippen molar-refractivity contribution in [3.8, 4) is 0 Å². The van der Waals surface area contributed by atoms with E-state index in [1.54, 1.807) is 11.3 Å². The minimum atomic E-state index is -0.716. The number of carboxylic acids is 1. The molecule has 78 valence electrons. The molecule has 1 heterocycles. The van der Waals surface area contributed by atoms with E-state index in [0.717, 1.165) is 11.3 Å². The molecular weight excluding hydrogens is 198 g/mol. The zero-order chi connectivity index (χ0) is 10.4. The number of thiophene rings is 1. The molecule has 0 aromatic carbocycles. The molecule has 1 atom stereocenters. The summed E-state index contributed by atoms with van der Waals surface area (Å²) in [5.41, 5.74) is 5.36. The Hall–Kier alpha value is -0.870. The molecule has 1 aromatic heterocycles. The molecule has 0 bridgehead atoms. The summed E-state index contributed by atoms with van der Waals surface area (Å²) in [5.74, 6) is -0.996. The molecule has 0 saturated heterocycles. The Labute approximate surface area is 87.6 Å². The second-order valence-electron chi connectivity index (χ2n) is 3.25. The summed E-state index contributed by atoms with van der Waals surface area (Å²) in [6.07, 6.45) is 2.08. The van der Waals surface area contributed by atoms with E-state index in [2.05, 4.69) is 0 Å². The zero-order valence-electron chi connectivity index (χ0n) is 7.98. The lowest BCUT2D eigenvalue weighted by atomic mass is 9.99. The van der Waals surface area contributed by atoms with Gasteiger partial charge in [0.15, 0.2) is 0 Å². The van der Waals surface area contributed by atoms with Gasteiger partial charge in [-0.3, -0.25) is 4.79 Å². The molecule has 3 nitrogen and oxygen atoms in total. The van der Waals surface area contributed by atoms with E-state index in [4.69, 9.17) is 10.8 Å². The Balaban J connectivity index is 2.47. The third kappa shape index (κ3) is 3.47. The number of hydrogen-bond donors (Lipinski definition) is 2. The zero-order valence-corrected chi connectivity index (χ0v) is 8.80. The highest BCUT2D eigenvalue weighted by Gasteiger charge is 2.17. The fourth-order valence-electron chi connectivity index (χ4n) is 1.35. The van der Waals surface area contributed by atoms with Crippen LogP contribution in [-0.2, 0) is 11.2 Å². The maximum atomic E-state index is 10.9. The van der Waals surface area contributed by atoms with E-state index in [9.17, 15) is 4.79 Å². The van der Waals surface area contributed by atoms with Crippen LogP contribution in [0, 0.1) is 5.92 Å². The molecule has 1 unspecified atom stereocenters. The van der Waals surface area contributed by atoms with E-state index < -0.39 is 5.97 Å². The Morgan fingerprint density at radius 3 is 2.93 bits per heavy atom. The number of aliphatic carboxylic acids is 1. The van der Waals surface area contributed by atoms with Crippen LogP contribution in [0.4, 0.5) is 0 Å². The van der Waals surface area contributed by atoms with Gasteiger partial charge in [0, 0.05) is 4.88 Å². The summed E-state index contributed by atoms with van der Waals surface area (Å²) in [6, 6.07) is 3.92. The first-order chi connectivity index (χ1) is 6.74. The van der Waals surface area contributed by atoms with Crippen molar-refractivity contribution in [2.75, 3.05) is 6.54 Å². The highest BCUT2D eigenvalue weighted by molar-refractivity contribution is 7.09. The van der Waals surface area contributed by atoms with Crippen LogP contribution in [0.3, 0.4) is 0 Å². The van der Waals surface area contributed by atoms with Crippen molar-refractivity contribution in [3.05, 3.63) is 22.4 Å². The number of hydrogen-bond acceptors (Lipinski definition) is 3. The smallest absolute Gasteiger partial charge is 0.306 e. The van der Waals surface area contributed by atoms with Crippen LogP contribution >= 0.6 is 11.3 Å². The van der Waals surface area contributed by atoms with Crippen LogP contribution in [0.1, 0.15) is 17.7 Å². The molecule has 0 spiro atoms. The third-order valence-corrected chi connectivity index (χ3v) is 3.03. The molecule has 1 aromatic rings. The molecule has 0 aliphatic carbocycles. The van der Waals surface area contributed by atoms with E-state index in [1.807, 2.05) is 17.5 Å². The fourth-order valence-corrected chi connectivity index (χ4v) is 2.14. The van der Waals surface area contributed by atoms with Gasteiger partial charge in [-0.15, -0.1) is 11.3 Å². The second-order valence-corrected chi connectivity index (χ2v) is 4.28. The van der Waals surface area contributed by atoms with Crippen molar-refractivity contribution in [3.63, 3.8) is 0 Å². The van der Waals surface area contributed by atoms with Gasteiger partial charge in [-0.2, -0.15) is 0 Å². The van der Waals surface area contributed by atoms with Crippen molar-refractivity contribution in [2.24, 2.45) is 11.7 Å². The van der Waals surface area contributed by atoms with E-state index in [-0.39, 0.29) is 5.92 Å². The number of rotatable bonds is 6. The molecule has 0 aliphatic heterocycles. The van der Waals surface area contributed by atoms with E-state index >= 15 is 0 Å². The van der Waals surface area contributed by atoms with Gasteiger partial charge in [0.1, 0.15) is 0 Å². The maximum Gasteiger partial charge on any atom is 0.306 e. The lowest BCUT2D eigenvalue weighted by Crippen LogP contribution is -2.17. The standard InChI is InChI=1S/C10H15NO2S/c11-5-1-3-8(10(12)13)7-9-4-2-6-14-9/h2,4,6,8H,1,3,5,7,11H2,(H,12,13). The summed E-state index contributed by atoms with van der Waals surface area (Å²) >= 11 is 1.61. The number of nitrogens with two attached hydrogens (primary N) is 1. The van der Waals surface area contributed by atoms with Crippen molar-refractivity contribution < 1.29 is 9.90 Å². The SMILES string of the molecule is NCCCC(Cc1cccs1)C(=O)O. The molecule has 4 heteroatoms. The largest absolute Gasteiger partial charge is 0.481 e. The van der Waals surface area contributed by atoms with Gasteiger partial charge in [0.2, 0.25) is 0 Å². The molecular formula is C10H15NO2S. The monoisotopic (exact) mass is 213 g/mol. The van der Waals surface area contributed by atoms with Gasteiger partial charge in [-0.05, 0) is 37.3 Å². The van der Waals surface area contributed by atoms with Gasteiger partial charge < -0.3 is 10.8 Å². The number of carbonyl (C=O) groups is 1. The quantitative estimate of drug-likeness (QED) is 0.756. The average molecular weight is 213 g/mol. The van der Waals surface area contributed by atoms with Gasteiger partial charge in [-0.25, -0.2) is 0 Å². The Bertz CT molecular complexity index is 272. The van der Waals surface area contributed by atoms with Crippen LogP contribution in [0.15, 0.2) is 17.5 Å². The molecule has 0 saturated carbocycles. The van der Waals surface area contributed by atoms with Gasteiger partial charge in [0.05, 0.1) is 5.92 Å². The summed E-state index contributed by atoms with van der Waals surface area (Å²) in [5, 5.41) is 10.9. The average Bonchev–Trinajstić information content (AvgIpc) is 2.64. The molecule has 0 amide bonds. The number of carboxylic acid groups (broad SMARTS) is 1. The normalized spacial score (nSPS) is 12.6. The summed E-state index contributed by atoms with van der Waals surface area (Å²) < 4.78 is 0. The van der Waals surface area contributed by atoms with Crippen LogP contribution in [0.5, 0.6) is 0 Å². The first kappa shape index (κ1) is 11.2. The van der Waals surface area contributed by atoms with E-state index in [1.165, 1.54) is 0 Å². The maximum absolute atomic E-state index is 10.9. The van der Waals surface area contributed by atoms with Gasteiger partial charge >= 0.3 is 5.97 Å². The molecule has 0 radical (unpaired) electrons. The molecule has 0 aliphatic rings. The summed E-state index contributed by atoms with van der Waals surface area (Å²) in [4.78, 5) is 12.0. The fraction of sp³-hybridized carbons (Fsp3) is 0.500. The van der Waals surface area contributed by atoms with Crippen LogP contribution in [0.25, 0.3) is 0 Å². The minimum Gasteiger partial charge on any atom is -0.481 e. The van der Waals surface area contributed by atoms with Crippen molar-refractivity contribution in [1.82, 2.24) is 0 Å². The van der Waals surface area contributed by atoms with Crippen molar-refractivity contribution in [2.45, 2.75) is 19.3 Å². The molecule has 14 heavy (non-hydrogen) atoms. The lowest BCUT2D eigenvalue weighted by molar-refractivity contribution is -0.141. The minimum absolute atomic E-state index is 0.280. The summed E-state index contributed by atoms with van der Waals surface area (Å²) in [7, 11) is 0. The Morgan fingerprint density at radius 2 is 2.43 bits per heavy atom. The Morgan fingerprint density at radius 1 is 1.64 bits per heavy atom. The first-order valence-electron chi connectivity index (χ1n) is 4.69. The van der Waals surface area contributed by atoms with E-state index in [0.29, 0.717) is 19.4 Å².